The molecular weight excluding hydrogens is 499 g/mol. The van der Waals surface area contributed by atoms with Gasteiger partial charge in [-0.3, -0.25) is 19.0 Å². The zero-order valence-electron chi connectivity index (χ0n) is 21.1. The average Bonchev–Trinajstić information content (AvgIpc) is 3.62. The van der Waals surface area contributed by atoms with Crippen molar-refractivity contribution in [2.24, 2.45) is 7.05 Å². The summed E-state index contributed by atoms with van der Waals surface area (Å²) in [5, 5.41) is 4.82. The molecule has 0 amide bonds. The van der Waals surface area contributed by atoms with E-state index in [0.717, 1.165) is 30.7 Å². The molecule has 0 unspecified atom stereocenters. The second-order valence-electron chi connectivity index (χ2n) is 10.0. The van der Waals surface area contributed by atoms with Crippen molar-refractivity contribution in [1.82, 2.24) is 29.3 Å². The summed E-state index contributed by atoms with van der Waals surface area (Å²) in [6.07, 6.45) is 2.28. The van der Waals surface area contributed by atoms with Gasteiger partial charge in [-0.1, -0.05) is 0 Å². The zero-order valence-corrected chi connectivity index (χ0v) is 21.1. The molecule has 4 aromatic heterocycles. The van der Waals surface area contributed by atoms with Crippen molar-refractivity contribution in [3.05, 3.63) is 64.2 Å². The summed E-state index contributed by atoms with van der Waals surface area (Å²) in [6.45, 7) is 4.66. The van der Waals surface area contributed by atoms with Gasteiger partial charge in [0.15, 0.2) is 0 Å². The molecule has 0 spiro atoms. The largest absolute Gasteiger partial charge is 0.433 e. The van der Waals surface area contributed by atoms with Gasteiger partial charge in [-0.2, -0.15) is 18.3 Å². The molecule has 1 aliphatic heterocycles. The van der Waals surface area contributed by atoms with E-state index >= 15 is 0 Å². The molecule has 6 rings (SSSR count). The Labute approximate surface area is 215 Å². The molecule has 0 aromatic carbocycles. The van der Waals surface area contributed by atoms with E-state index in [0.29, 0.717) is 52.9 Å². The number of aryl methyl sites for hydroxylation is 1. The minimum atomic E-state index is -4.56. The van der Waals surface area contributed by atoms with Crippen LogP contribution in [0.3, 0.4) is 0 Å². The lowest BCUT2D eigenvalue weighted by atomic mass is 10.1. The normalized spacial score (nSPS) is 20.3. The number of halogens is 3. The number of alkyl halides is 3. The summed E-state index contributed by atoms with van der Waals surface area (Å²) in [5.74, 6) is 0.982. The minimum Gasteiger partial charge on any atom is -0.367 e. The van der Waals surface area contributed by atoms with Crippen LogP contribution in [0.5, 0.6) is 0 Å². The highest BCUT2D eigenvalue weighted by atomic mass is 19.4. The summed E-state index contributed by atoms with van der Waals surface area (Å²) >= 11 is 0. The molecule has 0 N–H and O–H groups in total. The highest BCUT2D eigenvalue weighted by Gasteiger charge is 2.33. The first-order chi connectivity index (χ1) is 18.1. The number of hydrogen-bond donors (Lipinski definition) is 0. The molecule has 0 radical (unpaired) electrons. The lowest BCUT2D eigenvalue weighted by Gasteiger charge is -2.37. The van der Waals surface area contributed by atoms with Crippen LogP contribution in [-0.2, 0) is 18.0 Å². The number of hydrogen-bond acceptors (Lipinski definition) is 7. The van der Waals surface area contributed by atoms with E-state index in [9.17, 15) is 18.0 Å². The fraction of sp³-hybridized carbons (Fsp3) is 0.423. The van der Waals surface area contributed by atoms with Crippen molar-refractivity contribution in [2.75, 3.05) is 18.0 Å². The van der Waals surface area contributed by atoms with E-state index in [-0.39, 0.29) is 17.8 Å². The summed E-state index contributed by atoms with van der Waals surface area (Å²) in [6, 6.07) is 4.38. The highest BCUT2D eigenvalue weighted by Crippen LogP contribution is 2.36. The Morgan fingerprint density at radius 1 is 1.11 bits per heavy atom. The Morgan fingerprint density at radius 3 is 2.58 bits per heavy atom. The third-order valence-corrected chi connectivity index (χ3v) is 7.10. The number of fused-ring (bicyclic) bond motifs is 1. The van der Waals surface area contributed by atoms with Gasteiger partial charge < -0.3 is 9.64 Å². The fourth-order valence-electron chi connectivity index (χ4n) is 4.81. The van der Waals surface area contributed by atoms with E-state index in [1.807, 2.05) is 28.9 Å². The zero-order chi connectivity index (χ0) is 26.8. The molecule has 2 fully saturated rings. The Balaban J connectivity index is 1.44. The van der Waals surface area contributed by atoms with Crippen molar-refractivity contribution < 1.29 is 17.9 Å². The van der Waals surface area contributed by atoms with Gasteiger partial charge in [-0.05, 0) is 44.9 Å². The monoisotopic (exact) mass is 525 g/mol. The van der Waals surface area contributed by atoms with Gasteiger partial charge in [0.2, 0.25) is 0 Å². The highest BCUT2D eigenvalue weighted by molar-refractivity contribution is 5.92. The Morgan fingerprint density at radius 2 is 1.89 bits per heavy atom. The minimum absolute atomic E-state index is 0.134. The van der Waals surface area contributed by atoms with Crippen LogP contribution in [0.25, 0.3) is 22.2 Å². The van der Waals surface area contributed by atoms with E-state index in [1.54, 1.807) is 20.0 Å². The molecular formula is C26H26F3N7O2. The predicted molar refractivity (Wildman–Crippen MR) is 134 cm³/mol. The maximum absolute atomic E-state index is 13.3. The van der Waals surface area contributed by atoms with Crippen molar-refractivity contribution >= 4 is 16.7 Å². The molecule has 2 aliphatic rings. The molecule has 198 valence electrons. The smallest absolute Gasteiger partial charge is 0.367 e. The Kier molecular flexibility index (Phi) is 5.74. The number of morpholine rings is 1. The summed E-state index contributed by atoms with van der Waals surface area (Å²) in [7, 11) is 1.63. The number of nitrogens with zero attached hydrogens (tertiary/aromatic N) is 7. The molecule has 1 saturated carbocycles. The lowest BCUT2D eigenvalue weighted by Crippen LogP contribution is -2.43. The van der Waals surface area contributed by atoms with Gasteiger partial charge in [0, 0.05) is 37.1 Å². The van der Waals surface area contributed by atoms with Crippen molar-refractivity contribution in [3.8, 4) is 11.3 Å². The Hall–Kier alpha value is -3.80. The van der Waals surface area contributed by atoms with Gasteiger partial charge >= 0.3 is 6.18 Å². The third kappa shape index (κ3) is 4.42. The van der Waals surface area contributed by atoms with E-state index in [4.69, 9.17) is 9.72 Å². The van der Waals surface area contributed by atoms with Crippen LogP contribution < -0.4 is 10.5 Å². The molecule has 1 saturated heterocycles. The van der Waals surface area contributed by atoms with Crippen molar-refractivity contribution in [3.63, 3.8) is 0 Å². The first-order valence-electron chi connectivity index (χ1n) is 12.4. The second-order valence-corrected chi connectivity index (χ2v) is 10.0. The van der Waals surface area contributed by atoms with E-state index in [2.05, 4.69) is 15.1 Å². The Bertz CT molecular complexity index is 1570. The third-order valence-electron chi connectivity index (χ3n) is 7.10. The fourth-order valence-corrected chi connectivity index (χ4v) is 4.81. The van der Waals surface area contributed by atoms with Crippen LogP contribution in [-0.4, -0.2) is 48.5 Å². The first-order valence-corrected chi connectivity index (χ1v) is 12.4. The molecule has 4 aromatic rings. The second kappa shape index (κ2) is 8.90. The van der Waals surface area contributed by atoms with Crippen LogP contribution in [0.2, 0.25) is 0 Å². The van der Waals surface area contributed by atoms with Crippen LogP contribution in [0.1, 0.15) is 49.0 Å². The predicted octanol–water partition coefficient (Wildman–Crippen LogP) is 4.22. The molecule has 0 bridgehead atoms. The van der Waals surface area contributed by atoms with E-state index in [1.165, 1.54) is 10.6 Å². The maximum Gasteiger partial charge on any atom is 0.433 e. The topological polar surface area (TPSA) is 91.0 Å². The first kappa shape index (κ1) is 24.5. The molecule has 2 atom stereocenters. The molecule has 9 nitrogen and oxygen atoms in total. The van der Waals surface area contributed by atoms with Gasteiger partial charge in [0.25, 0.3) is 5.56 Å². The average molecular weight is 526 g/mol. The molecule has 5 heterocycles. The summed E-state index contributed by atoms with van der Waals surface area (Å²) in [5.41, 5.74) is 0.665. The van der Waals surface area contributed by atoms with Crippen LogP contribution >= 0.6 is 0 Å². The van der Waals surface area contributed by atoms with E-state index < -0.39 is 11.9 Å². The quantitative estimate of drug-likeness (QED) is 0.394. The van der Waals surface area contributed by atoms with Crippen molar-refractivity contribution in [2.45, 2.75) is 51.1 Å². The number of pyridine rings is 2. The maximum atomic E-state index is 13.3. The number of anilines is 1. The lowest BCUT2D eigenvalue weighted by molar-refractivity contribution is -0.141. The SMILES string of the molecule is Cc1nc2c(-c3ccc(C(F)(F)F)nc3)nc(N3C[C@@H](C)O[C@@H](c4cnn(C5CC5)c4)C3)cc2c(=O)n1C. The number of aromatic nitrogens is 6. The molecule has 38 heavy (non-hydrogen) atoms. The molecule has 12 heteroatoms. The number of rotatable bonds is 4. The van der Waals surface area contributed by atoms with Crippen molar-refractivity contribution in [1.29, 1.82) is 0 Å². The van der Waals surface area contributed by atoms with Gasteiger partial charge in [-0.15, -0.1) is 0 Å². The van der Waals surface area contributed by atoms with Crippen LogP contribution in [0.15, 0.2) is 41.6 Å². The van der Waals surface area contributed by atoms with Gasteiger partial charge in [0.1, 0.15) is 34.7 Å². The van der Waals surface area contributed by atoms with Gasteiger partial charge in [0.05, 0.1) is 30.3 Å². The molecule has 1 aliphatic carbocycles. The van der Waals surface area contributed by atoms with Gasteiger partial charge in [-0.25, -0.2) is 9.97 Å². The number of ether oxygens (including phenoxy) is 1. The summed E-state index contributed by atoms with van der Waals surface area (Å²) < 4.78 is 49.1. The van der Waals surface area contributed by atoms with Crippen LogP contribution in [0, 0.1) is 6.92 Å². The standard InChI is InChI=1S/C26H26F3N7O2/c1-14-11-35(13-20(38-14)17-10-31-36(12-17)18-5-6-18)22-8-19-24(32-15(2)34(3)25(19)37)23(33-22)16-4-7-21(30-9-16)26(27,28)29/h4,7-10,12,14,18,20H,5-6,11,13H2,1-3H3/t14-,20-/m1/s1. The van der Waals surface area contributed by atoms with Crippen LogP contribution in [0.4, 0.5) is 19.0 Å². The summed E-state index contributed by atoms with van der Waals surface area (Å²) in [4.78, 5) is 28.3.